The van der Waals surface area contributed by atoms with Gasteiger partial charge < -0.3 is 165 Å². The molecule has 85 heavy (non-hydrogen) atoms. The van der Waals surface area contributed by atoms with Gasteiger partial charge in [0.05, 0.1) is 51.8 Å². The molecular weight excluding hydrogens is 1160 g/mol. The molecule has 6 aliphatic rings. The quantitative estimate of drug-likeness (QED) is 0.0452. The van der Waals surface area contributed by atoms with Crippen molar-refractivity contribution in [3.63, 3.8) is 0 Å². The largest absolute Gasteiger partial charge is 0.477 e. The van der Waals surface area contributed by atoms with Gasteiger partial charge in [0.15, 0.2) is 31.5 Å². The summed E-state index contributed by atoms with van der Waals surface area (Å²) in [6.45, 7) is -2.16. The van der Waals surface area contributed by atoms with Crippen molar-refractivity contribution in [2.24, 2.45) is 0 Å². The second-order valence-corrected chi connectivity index (χ2v) is 21.2. The smallest absolute Gasteiger partial charge is 0.364 e. The lowest BCUT2D eigenvalue weighted by Crippen LogP contribution is -2.71. The van der Waals surface area contributed by atoms with Crippen LogP contribution >= 0.6 is 0 Å². The molecule has 0 aromatic heterocycles. The van der Waals surface area contributed by atoms with E-state index in [0.29, 0.717) is 0 Å². The number of aliphatic carboxylic acids is 1. The highest BCUT2D eigenvalue weighted by Gasteiger charge is 2.61. The number of aliphatic hydroxyl groups excluding tert-OH is 17. The first-order chi connectivity index (χ1) is 40.0. The number of carboxylic acid groups (broad SMARTS) is 1. The van der Waals surface area contributed by atoms with Gasteiger partial charge in [-0.3, -0.25) is 19.2 Å². The van der Waals surface area contributed by atoms with E-state index in [2.05, 4.69) is 21.3 Å². The second kappa shape index (κ2) is 30.2. The number of nitrogens with one attached hydrogen (secondary N) is 4. The van der Waals surface area contributed by atoms with Gasteiger partial charge >= 0.3 is 5.97 Å². The number of amides is 4. The Morgan fingerprint density at radius 1 is 0.482 bits per heavy atom. The third kappa shape index (κ3) is 15.8. The Kier molecular flexibility index (Phi) is 24.9. The summed E-state index contributed by atoms with van der Waals surface area (Å²) in [6, 6.07) is -6.83. The molecule has 0 unspecified atom stereocenters. The third-order valence-electron chi connectivity index (χ3n) is 15.0. The molecule has 0 aromatic carbocycles. The van der Waals surface area contributed by atoms with Crippen molar-refractivity contribution >= 4 is 29.6 Å². The summed E-state index contributed by atoms with van der Waals surface area (Å²) in [6.07, 6.45) is -53.1. The fourth-order valence-corrected chi connectivity index (χ4v) is 10.7. The molecule has 38 heteroatoms. The van der Waals surface area contributed by atoms with Crippen molar-refractivity contribution in [2.45, 2.75) is 224 Å². The van der Waals surface area contributed by atoms with Gasteiger partial charge in [0, 0.05) is 34.1 Å². The molecule has 6 saturated heterocycles. The maximum absolute atomic E-state index is 13.1. The molecule has 4 amide bonds. The van der Waals surface area contributed by atoms with E-state index in [0.717, 1.165) is 27.7 Å². The van der Waals surface area contributed by atoms with Gasteiger partial charge in [0.2, 0.25) is 23.6 Å². The second-order valence-electron chi connectivity index (χ2n) is 21.2. The lowest BCUT2D eigenvalue weighted by atomic mass is 9.88. The molecule has 6 rings (SSSR count). The van der Waals surface area contributed by atoms with Gasteiger partial charge in [0.25, 0.3) is 5.79 Å². The fourth-order valence-electron chi connectivity index (χ4n) is 10.7. The zero-order valence-electron chi connectivity index (χ0n) is 45.9. The van der Waals surface area contributed by atoms with Gasteiger partial charge in [-0.25, -0.2) is 4.79 Å². The summed E-state index contributed by atoms with van der Waals surface area (Å²) in [7, 11) is 0. The molecule has 22 N–H and O–H groups in total. The predicted molar refractivity (Wildman–Crippen MR) is 263 cm³/mol. The van der Waals surface area contributed by atoms with E-state index in [-0.39, 0.29) is 0 Å². The molecule has 0 radical (unpaired) electrons. The van der Waals surface area contributed by atoms with Crippen LogP contribution in [0, 0.1) is 0 Å². The Hall–Kier alpha value is -3.77. The maximum atomic E-state index is 13.1. The van der Waals surface area contributed by atoms with Gasteiger partial charge in [-0.2, -0.15) is 0 Å². The van der Waals surface area contributed by atoms with E-state index >= 15 is 0 Å². The minimum absolute atomic E-state index is 0.759. The first kappa shape index (κ1) is 70.3. The van der Waals surface area contributed by atoms with Crippen LogP contribution in [0.3, 0.4) is 0 Å². The fraction of sp³-hybridized carbons (Fsp3) is 0.894. The Bertz CT molecular complexity index is 2220. The van der Waals surface area contributed by atoms with E-state index in [4.69, 9.17) is 52.1 Å². The highest BCUT2D eigenvalue weighted by atomic mass is 16.8. The summed E-state index contributed by atoms with van der Waals surface area (Å²) < 4.78 is 63.2. The molecule has 6 heterocycles. The van der Waals surface area contributed by atoms with Gasteiger partial charge in [-0.05, 0) is 0 Å². The molecule has 31 atom stereocenters. The Balaban J connectivity index is 1.22. The number of aliphatic hydroxyl groups is 17. The number of rotatable bonds is 23. The maximum Gasteiger partial charge on any atom is 0.364 e. The van der Waals surface area contributed by atoms with E-state index < -0.39 is 265 Å². The standard InChI is InChI=1S/C47H78N4O34/c1-12(57)48-23-16(61)5-47(46(73)74,84-38(23)27(63)17(62)6-52)85-40-30(66)20(9-55)79-45(35(40)71)82-37-26(51-15(4)60)41(72)76-22(31(37)67)11-75-42-25(50-14(3)59)33(69)36(21(10-56)80-42)81-44-34(70)39(29(65)19(8-54)78-44)83-43-24(49-13(2)58)32(68)28(64)18(7-53)77-43/h16-45,52-56,61-72H,5-11H2,1-4H3,(H,48,57)(H,49,58)(H,50,59)(H,51,60)(H,73,74)/t16-,17+,18+,19+,20+,21+,22+,23+,24+,25+,26+,27+,28+,29-,30-,31-,32+,33+,34+,35+,36+,37+,38+,39-,40-,41+,42+,43-,44-,45-,47-/m0/s1. The number of hydrogen-bond donors (Lipinski definition) is 22. The number of carboxylic acids is 1. The zero-order valence-corrected chi connectivity index (χ0v) is 45.9. The van der Waals surface area contributed by atoms with E-state index in [9.17, 15) is 116 Å². The number of carbonyl (C=O) groups is 5. The number of hydrogen-bond acceptors (Lipinski definition) is 33. The predicted octanol–water partition coefficient (Wildman–Crippen LogP) is -14.3. The SMILES string of the molecule is CC(=O)N[C@@H]1[C@@H](O[C@@H]2O[C@H](CO)[C@H](O)[C@H](O[C@]3(C(=O)O)C[C@H](O)[C@@H](NC(C)=O)[C@H]([C@H](O)[C@H](O)CO)O3)[C@H]2O)[C@@H](O)[C@@H](CO[C@@H]2O[C@H](CO)[C@@H](O[C@@H]3O[C@H](CO)[C@H](O)[C@H](O[C@@H]4O[C@H](CO)[C@@H](O)[C@H](O)[C@H]4NC(C)=O)[C@H]3O)[C@H](O)[C@H]2NC(C)=O)O[C@H]1O. The van der Waals surface area contributed by atoms with Crippen molar-refractivity contribution in [3.05, 3.63) is 0 Å². The first-order valence-corrected chi connectivity index (χ1v) is 26.7. The lowest BCUT2D eigenvalue weighted by molar-refractivity contribution is -0.382. The Labute approximate surface area is 481 Å². The molecule has 0 saturated carbocycles. The number of ether oxygens (including phenoxy) is 11. The molecular formula is C47H78N4O34. The van der Waals surface area contributed by atoms with Crippen LogP contribution in [-0.2, 0) is 76.1 Å². The lowest BCUT2D eigenvalue weighted by Gasteiger charge is -2.51. The van der Waals surface area contributed by atoms with Crippen molar-refractivity contribution in [1.82, 2.24) is 21.3 Å². The van der Waals surface area contributed by atoms with E-state index in [1.807, 2.05) is 0 Å². The van der Waals surface area contributed by atoms with Crippen LogP contribution in [-0.4, -0.2) is 351 Å². The van der Waals surface area contributed by atoms with Crippen LogP contribution in [0.4, 0.5) is 0 Å². The van der Waals surface area contributed by atoms with Crippen LogP contribution in [0.1, 0.15) is 34.1 Å². The molecule has 490 valence electrons. The van der Waals surface area contributed by atoms with E-state index in [1.54, 1.807) is 0 Å². The Morgan fingerprint density at radius 2 is 0.918 bits per heavy atom. The molecule has 38 nitrogen and oxygen atoms in total. The van der Waals surface area contributed by atoms with Crippen molar-refractivity contribution in [3.8, 4) is 0 Å². The molecule has 0 bridgehead atoms. The van der Waals surface area contributed by atoms with Crippen molar-refractivity contribution in [2.75, 3.05) is 39.6 Å². The first-order valence-electron chi connectivity index (χ1n) is 26.7. The molecule has 6 fully saturated rings. The highest BCUT2D eigenvalue weighted by molar-refractivity contribution is 5.77. The topological polar surface area (TPSA) is 599 Å². The summed E-state index contributed by atoms with van der Waals surface area (Å²) >= 11 is 0. The minimum atomic E-state index is -3.21. The summed E-state index contributed by atoms with van der Waals surface area (Å²) in [4.78, 5) is 62.3. The van der Waals surface area contributed by atoms with Crippen LogP contribution in [0.15, 0.2) is 0 Å². The highest BCUT2D eigenvalue weighted by Crippen LogP contribution is 2.39. The van der Waals surface area contributed by atoms with Crippen LogP contribution in [0.25, 0.3) is 0 Å². The molecule has 0 spiro atoms. The third-order valence-corrected chi connectivity index (χ3v) is 15.0. The van der Waals surface area contributed by atoms with Crippen LogP contribution in [0.5, 0.6) is 0 Å². The number of carbonyl (C=O) groups excluding carboxylic acids is 4. The van der Waals surface area contributed by atoms with Gasteiger partial charge in [-0.1, -0.05) is 0 Å². The average molecular weight is 1240 g/mol. The van der Waals surface area contributed by atoms with Gasteiger partial charge in [0.1, 0.15) is 140 Å². The average Bonchev–Trinajstić information content (AvgIpc) is 3.55. The molecule has 0 aliphatic carbocycles. The summed E-state index contributed by atoms with van der Waals surface area (Å²) in [5, 5.41) is 205. The minimum Gasteiger partial charge on any atom is -0.477 e. The van der Waals surface area contributed by atoms with Gasteiger partial charge in [-0.15, -0.1) is 0 Å². The zero-order chi connectivity index (χ0) is 63.3. The van der Waals surface area contributed by atoms with Crippen LogP contribution < -0.4 is 21.3 Å². The summed E-state index contributed by atoms with van der Waals surface area (Å²) in [5.41, 5.74) is 0. The van der Waals surface area contributed by atoms with Crippen molar-refractivity contribution < 1.29 is 168 Å². The van der Waals surface area contributed by atoms with Crippen LogP contribution in [0.2, 0.25) is 0 Å². The monoisotopic (exact) mass is 1240 g/mol. The summed E-state index contributed by atoms with van der Waals surface area (Å²) in [5.74, 6) is -8.63. The molecule has 6 aliphatic heterocycles. The molecule has 0 aromatic rings. The normalized spacial score (nSPS) is 45.0. The Morgan fingerprint density at radius 3 is 1.44 bits per heavy atom. The van der Waals surface area contributed by atoms with E-state index in [1.165, 1.54) is 0 Å². The van der Waals surface area contributed by atoms with Crippen molar-refractivity contribution in [1.29, 1.82) is 0 Å².